The Morgan fingerprint density at radius 2 is 2.29 bits per heavy atom. The third kappa shape index (κ3) is 2.92. The second-order valence-electron chi connectivity index (χ2n) is 5.43. The topological polar surface area (TPSA) is 84.2 Å². The van der Waals surface area contributed by atoms with Crippen LogP contribution < -0.4 is 5.32 Å². The second kappa shape index (κ2) is 5.61. The monoisotopic (exact) mass is 287 g/mol. The Morgan fingerprint density at radius 1 is 1.43 bits per heavy atom. The number of nitro benzene ring substituents is 1. The van der Waals surface area contributed by atoms with Gasteiger partial charge >= 0.3 is 0 Å². The number of nitro groups is 1. The maximum atomic E-state index is 10.9. The summed E-state index contributed by atoms with van der Waals surface area (Å²) in [6, 6.07) is 4.96. The highest BCUT2D eigenvalue weighted by Crippen LogP contribution is 2.25. The average Bonchev–Trinajstić information content (AvgIpc) is 2.47. The van der Waals surface area contributed by atoms with Gasteiger partial charge in [0.25, 0.3) is 5.69 Å². The van der Waals surface area contributed by atoms with Crippen molar-refractivity contribution in [2.75, 3.05) is 25.5 Å². The number of piperidine rings is 1. The number of benzene rings is 1. The van der Waals surface area contributed by atoms with Crippen LogP contribution in [0.2, 0.25) is 0 Å². The predicted octanol–water partition coefficient (Wildman–Crippen LogP) is 2.04. The Hall–Kier alpha value is -2.28. The molecule has 7 nitrogen and oxygen atoms in total. The van der Waals surface area contributed by atoms with E-state index in [0.717, 1.165) is 25.9 Å². The van der Waals surface area contributed by atoms with Crippen molar-refractivity contribution in [1.29, 1.82) is 0 Å². The van der Waals surface area contributed by atoms with E-state index in [2.05, 4.69) is 27.2 Å². The molecule has 1 saturated heterocycles. The summed E-state index contributed by atoms with van der Waals surface area (Å²) < 4.78 is 0. The number of nitrogens with one attached hydrogen (secondary N) is 1. The first kappa shape index (κ1) is 13.7. The molecule has 1 aromatic heterocycles. The molecule has 1 atom stereocenters. The molecular weight excluding hydrogens is 270 g/mol. The zero-order valence-corrected chi connectivity index (χ0v) is 11.8. The molecule has 0 radical (unpaired) electrons. The number of non-ortho nitro benzene ring substituents is 1. The molecule has 1 aliphatic rings. The molecule has 2 heterocycles. The highest BCUT2D eigenvalue weighted by Gasteiger charge is 2.19. The number of hydrogen-bond donors (Lipinski definition) is 1. The Balaban J connectivity index is 1.93. The van der Waals surface area contributed by atoms with Gasteiger partial charge in [-0.1, -0.05) is 0 Å². The van der Waals surface area contributed by atoms with Crippen LogP contribution in [0, 0.1) is 10.1 Å². The minimum absolute atomic E-state index is 0.0566. The van der Waals surface area contributed by atoms with Crippen LogP contribution in [-0.2, 0) is 0 Å². The second-order valence-corrected chi connectivity index (χ2v) is 5.43. The van der Waals surface area contributed by atoms with E-state index >= 15 is 0 Å². The fourth-order valence-corrected chi connectivity index (χ4v) is 2.75. The molecule has 1 N–H and O–H groups in total. The van der Waals surface area contributed by atoms with Crippen LogP contribution in [0.3, 0.4) is 0 Å². The quantitative estimate of drug-likeness (QED) is 0.687. The van der Waals surface area contributed by atoms with Crippen LogP contribution in [0.25, 0.3) is 10.9 Å². The predicted molar refractivity (Wildman–Crippen MR) is 80.3 cm³/mol. The summed E-state index contributed by atoms with van der Waals surface area (Å²) in [6.45, 7) is 2.05. The zero-order valence-electron chi connectivity index (χ0n) is 11.8. The number of likely N-dealkylation sites (N-methyl/N-ethyl adjacent to an activating group) is 1. The van der Waals surface area contributed by atoms with Crippen molar-refractivity contribution in [3.05, 3.63) is 34.6 Å². The fourth-order valence-electron chi connectivity index (χ4n) is 2.75. The molecule has 0 aliphatic carbocycles. The lowest BCUT2D eigenvalue weighted by molar-refractivity contribution is -0.384. The van der Waals surface area contributed by atoms with Gasteiger partial charge in [0.2, 0.25) is 0 Å². The van der Waals surface area contributed by atoms with E-state index in [-0.39, 0.29) is 5.69 Å². The summed E-state index contributed by atoms with van der Waals surface area (Å²) in [4.78, 5) is 21.2. The molecule has 110 valence electrons. The summed E-state index contributed by atoms with van der Waals surface area (Å²) in [7, 11) is 2.09. The molecule has 0 spiro atoms. The normalized spacial score (nSPS) is 19.6. The number of likely N-dealkylation sites (tertiary alicyclic amines) is 1. The van der Waals surface area contributed by atoms with Crippen molar-refractivity contribution >= 4 is 22.4 Å². The summed E-state index contributed by atoms with van der Waals surface area (Å²) in [5, 5.41) is 15.0. The van der Waals surface area contributed by atoms with E-state index in [1.165, 1.54) is 18.5 Å². The molecule has 1 aliphatic heterocycles. The number of hydrogen-bond acceptors (Lipinski definition) is 6. The van der Waals surface area contributed by atoms with Crippen LogP contribution in [0.15, 0.2) is 24.5 Å². The molecule has 1 aromatic carbocycles. The van der Waals surface area contributed by atoms with E-state index in [4.69, 9.17) is 0 Å². The Bertz CT molecular complexity index is 675. The van der Waals surface area contributed by atoms with E-state index in [0.29, 0.717) is 22.8 Å². The highest BCUT2D eigenvalue weighted by atomic mass is 16.6. The number of rotatable bonds is 3. The van der Waals surface area contributed by atoms with Crippen molar-refractivity contribution in [3.63, 3.8) is 0 Å². The molecule has 1 unspecified atom stereocenters. The number of nitrogens with zero attached hydrogens (tertiary/aromatic N) is 4. The molecule has 2 aromatic rings. The lowest BCUT2D eigenvalue weighted by atomic mass is 10.1. The van der Waals surface area contributed by atoms with Crippen LogP contribution >= 0.6 is 0 Å². The fraction of sp³-hybridized carbons (Fsp3) is 0.429. The van der Waals surface area contributed by atoms with Gasteiger partial charge in [-0.3, -0.25) is 10.1 Å². The Morgan fingerprint density at radius 3 is 3.05 bits per heavy atom. The van der Waals surface area contributed by atoms with Crippen molar-refractivity contribution in [1.82, 2.24) is 14.9 Å². The number of anilines is 1. The number of fused-ring (bicyclic) bond motifs is 1. The SMILES string of the molecule is CN1CCCC(Nc2ncnc3ccc([N+](=O)[O-])cc23)C1. The number of aromatic nitrogens is 2. The van der Waals surface area contributed by atoms with Crippen LogP contribution in [-0.4, -0.2) is 46.0 Å². The first-order valence-electron chi connectivity index (χ1n) is 6.98. The maximum absolute atomic E-state index is 10.9. The molecule has 1 fully saturated rings. The summed E-state index contributed by atoms with van der Waals surface area (Å²) >= 11 is 0. The van der Waals surface area contributed by atoms with Crippen LogP contribution in [0.5, 0.6) is 0 Å². The van der Waals surface area contributed by atoms with Gasteiger partial charge in [-0.25, -0.2) is 9.97 Å². The molecule has 0 saturated carbocycles. The maximum Gasteiger partial charge on any atom is 0.270 e. The van der Waals surface area contributed by atoms with E-state index in [9.17, 15) is 10.1 Å². The summed E-state index contributed by atoms with van der Waals surface area (Å²) in [6.07, 6.45) is 3.70. The largest absolute Gasteiger partial charge is 0.365 e. The van der Waals surface area contributed by atoms with Gasteiger partial charge in [0, 0.05) is 30.1 Å². The van der Waals surface area contributed by atoms with Crippen molar-refractivity contribution in [2.45, 2.75) is 18.9 Å². The van der Waals surface area contributed by atoms with Crippen molar-refractivity contribution in [2.24, 2.45) is 0 Å². The van der Waals surface area contributed by atoms with E-state index in [1.54, 1.807) is 6.07 Å². The van der Waals surface area contributed by atoms with Gasteiger partial charge in [-0.2, -0.15) is 0 Å². The van der Waals surface area contributed by atoms with Crippen molar-refractivity contribution in [3.8, 4) is 0 Å². The van der Waals surface area contributed by atoms with Gasteiger partial charge in [0.1, 0.15) is 12.1 Å². The molecule has 21 heavy (non-hydrogen) atoms. The molecule has 0 amide bonds. The first-order valence-corrected chi connectivity index (χ1v) is 6.98. The molecular formula is C14H17N5O2. The summed E-state index contributed by atoms with van der Waals surface area (Å²) in [5.74, 6) is 0.670. The zero-order chi connectivity index (χ0) is 14.8. The van der Waals surface area contributed by atoms with Crippen molar-refractivity contribution < 1.29 is 4.92 Å². The van der Waals surface area contributed by atoms with Gasteiger partial charge in [-0.15, -0.1) is 0 Å². The molecule has 0 bridgehead atoms. The van der Waals surface area contributed by atoms with Gasteiger partial charge in [0.05, 0.1) is 10.4 Å². The lowest BCUT2D eigenvalue weighted by Crippen LogP contribution is -2.39. The summed E-state index contributed by atoms with van der Waals surface area (Å²) in [5.41, 5.74) is 0.767. The lowest BCUT2D eigenvalue weighted by Gasteiger charge is -2.30. The molecule has 3 rings (SSSR count). The third-order valence-corrected chi connectivity index (χ3v) is 3.80. The molecule has 7 heteroatoms. The average molecular weight is 287 g/mol. The van der Waals surface area contributed by atoms with E-state index in [1.807, 2.05) is 0 Å². The smallest absolute Gasteiger partial charge is 0.270 e. The van der Waals surface area contributed by atoms with Gasteiger partial charge in [-0.05, 0) is 32.5 Å². The highest BCUT2D eigenvalue weighted by molar-refractivity contribution is 5.90. The van der Waals surface area contributed by atoms with Crippen LogP contribution in [0.1, 0.15) is 12.8 Å². The third-order valence-electron chi connectivity index (χ3n) is 3.80. The first-order chi connectivity index (χ1) is 10.1. The Kier molecular flexibility index (Phi) is 3.66. The Labute approximate surface area is 122 Å². The standard InChI is InChI=1S/C14H17N5O2/c1-18-6-2-3-10(8-18)17-14-12-7-11(19(20)21)4-5-13(12)15-9-16-14/h4-5,7,9-10H,2-3,6,8H2,1H3,(H,15,16,17). The van der Waals surface area contributed by atoms with E-state index < -0.39 is 4.92 Å². The van der Waals surface area contributed by atoms with Gasteiger partial charge < -0.3 is 10.2 Å². The minimum atomic E-state index is -0.398. The minimum Gasteiger partial charge on any atom is -0.365 e. The van der Waals surface area contributed by atoms with Gasteiger partial charge in [0.15, 0.2) is 0 Å². The van der Waals surface area contributed by atoms with Crippen LogP contribution in [0.4, 0.5) is 11.5 Å².